The predicted octanol–water partition coefficient (Wildman–Crippen LogP) is 4.76. The molecular weight excluding hydrogens is 379 g/mol. The van der Waals surface area contributed by atoms with Crippen molar-refractivity contribution in [3.63, 3.8) is 0 Å². The molecule has 2 heterocycles. The number of rotatable bonds is 2. The van der Waals surface area contributed by atoms with E-state index >= 15 is 0 Å². The monoisotopic (exact) mass is 388 g/mol. The van der Waals surface area contributed by atoms with Crippen molar-refractivity contribution in [2.75, 3.05) is 0 Å². The van der Waals surface area contributed by atoms with Gasteiger partial charge >= 0.3 is 0 Å². The highest BCUT2D eigenvalue weighted by atomic mass is 35.5. The normalized spacial score (nSPS) is 17.6. The third-order valence-electron chi connectivity index (χ3n) is 3.55. The smallest absolute Gasteiger partial charge is 0.264 e. The van der Waals surface area contributed by atoms with E-state index in [9.17, 15) is 4.79 Å². The standard InChI is InChI=1S/C17H10Cl2N4OS/c18-10-2-1-3-11(19)15(10)22-17-23-16(24)14(25-17)7-9-4-5-12-13(6-9)21-8-20-12/h1-8H,(H,20,21)(H,22,23,24). The van der Waals surface area contributed by atoms with E-state index in [1.807, 2.05) is 18.2 Å². The fourth-order valence-corrected chi connectivity index (χ4v) is 3.68. The number of amides is 1. The lowest BCUT2D eigenvalue weighted by atomic mass is 10.2. The van der Waals surface area contributed by atoms with Crippen LogP contribution in [0.3, 0.4) is 0 Å². The molecule has 1 amide bonds. The number of nitrogens with one attached hydrogen (secondary N) is 2. The molecule has 1 aromatic heterocycles. The molecule has 1 aliphatic rings. The van der Waals surface area contributed by atoms with E-state index in [0.29, 0.717) is 25.8 Å². The summed E-state index contributed by atoms with van der Waals surface area (Å²) in [6, 6.07) is 10.9. The number of amidine groups is 1. The molecule has 5 nitrogen and oxygen atoms in total. The molecule has 25 heavy (non-hydrogen) atoms. The Bertz CT molecular complexity index is 1040. The highest BCUT2D eigenvalue weighted by Gasteiger charge is 2.24. The molecule has 8 heteroatoms. The van der Waals surface area contributed by atoms with E-state index < -0.39 is 0 Å². The molecule has 0 saturated carbocycles. The number of hydrogen-bond donors (Lipinski definition) is 2. The van der Waals surface area contributed by atoms with E-state index in [0.717, 1.165) is 16.6 Å². The molecule has 0 spiro atoms. The summed E-state index contributed by atoms with van der Waals surface area (Å²) in [7, 11) is 0. The average molecular weight is 389 g/mol. The number of aromatic amines is 1. The van der Waals surface area contributed by atoms with Gasteiger partial charge < -0.3 is 10.3 Å². The summed E-state index contributed by atoms with van der Waals surface area (Å²) < 4.78 is 0. The van der Waals surface area contributed by atoms with E-state index in [1.165, 1.54) is 11.8 Å². The molecule has 3 aromatic rings. The highest BCUT2D eigenvalue weighted by Crippen LogP contribution is 2.35. The number of hydrogen-bond acceptors (Lipinski definition) is 4. The Labute approximate surface area is 157 Å². The Morgan fingerprint density at radius 2 is 1.96 bits per heavy atom. The minimum atomic E-state index is -0.214. The van der Waals surface area contributed by atoms with Crippen molar-refractivity contribution in [2.24, 2.45) is 4.99 Å². The van der Waals surface area contributed by atoms with Crippen molar-refractivity contribution in [1.82, 2.24) is 15.3 Å². The van der Waals surface area contributed by atoms with Crippen LogP contribution in [0.5, 0.6) is 0 Å². The zero-order valence-corrected chi connectivity index (χ0v) is 14.9. The number of fused-ring (bicyclic) bond motifs is 1. The number of aromatic nitrogens is 2. The van der Waals surface area contributed by atoms with Crippen LogP contribution in [-0.2, 0) is 4.79 Å². The summed E-state index contributed by atoms with van der Waals surface area (Å²) >= 11 is 13.5. The minimum absolute atomic E-state index is 0.214. The first-order chi connectivity index (χ1) is 12.1. The first-order valence-corrected chi connectivity index (χ1v) is 8.84. The fourth-order valence-electron chi connectivity index (χ4n) is 2.37. The highest BCUT2D eigenvalue weighted by molar-refractivity contribution is 8.18. The molecule has 0 atom stereocenters. The van der Waals surface area contributed by atoms with Crippen LogP contribution in [0.4, 0.5) is 5.69 Å². The number of carbonyl (C=O) groups excluding carboxylic acids is 1. The molecule has 2 aromatic carbocycles. The lowest BCUT2D eigenvalue weighted by molar-refractivity contribution is -0.115. The van der Waals surface area contributed by atoms with Crippen molar-refractivity contribution in [1.29, 1.82) is 0 Å². The van der Waals surface area contributed by atoms with E-state index in [2.05, 4.69) is 20.3 Å². The summed E-state index contributed by atoms with van der Waals surface area (Å²) in [6.07, 6.45) is 3.43. The average Bonchev–Trinajstić information content (AvgIpc) is 3.18. The Balaban J connectivity index is 1.64. The quantitative estimate of drug-likeness (QED) is 0.621. The minimum Gasteiger partial charge on any atom is -0.345 e. The number of imidazole rings is 1. The Hall–Kier alpha value is -2.28. The van der Waals surface area contributed by atoms with Gasteiger partial charge in [0.15, 0.2) is 5.17 Å². The van der Waals surface area contributed by atoms with E-state index in [-0.39, 0.29) is 5.91 Å². The molecule has 124 valence electrons. The molecule has 2 N–H and O–H groups in total. The number of thioether (sulfide) groups is 1. The summed E-state index contributed by atoms with van der Waals surface area (Å²) in [5, 5.41) is 4.02. The molecule has 1 aliphatic heterocycles. The molecule has 0 aliphatic carbocycles. The lowest BCUT2D eigenvalue weighted by Gasteiger charge is -2.01. The van der Waals surface area contributed by atoms with Crippen molar-refractivity contribution >= 4 is 68.8 Å². The number of carbonyl (C=O) groups is 1. The van der Waals surface area contributed by atoms with Crippen molar-refractivity contribution < 1.29 is 4.79 Å². The van der Waals surface area contributed by atoms with Crippen molar-refractivity contribution in [2.45, 2.75) is 0 Å². The van der Waals surface area contributed by atoms with Crippen LogP contribution in [0, 0.1) is 0 Å². The molecule has 0 unspecified atom stereocenters. The summed E-state index contributed by atoms with van der Waals surface area (Å²) in [5.41, 5.74) is 3.11. The maximum Gasteiger partial charge on any atom is 0.264 e. The number of H-pyrrole nitrogens is 1. The van der Waals surface area contributed by atoms with Crippen LogP contribution in [-0.4, -0.2) is 21.0 Å². The van der Waals surface area contributed by atoms with Gasteiger partial charge in [0.05, 0.1) is 32.3 Å². The second kappa shape index (κ2) is 6.55. The zero-order chi connectivity index (χ0) is 17.4. The lowest BCUT2D eigenvalue weighted by Crippen LogP contribution is -2.19. The van der Waals surface area contributed by atoms with Gasteiger partial charge in [-0.1, -0.05) is 35.3 Å². The van der Waals surface area contributed by atoms with Crippen molar-refractivity contribution in [3.05, 3.63) is 63.2 Å². The SMILES string of the molecule is O=C1NC(=Nc2c(Cl)cccc2Cl)SC1=Cc1ccc2[nH]cnc2c1. The van der Waals surface area contributed by atoms with E-state index in [1.54, 1.807) is 30.6 Å². The predicted molar refractivity (Wildman–Crippen MR) is 103 cm³/mol. The summed E-state index contributed by atoms with van der Waals surface area (Å²) in [5.74, 6) is -0.214. The Morgan fingerprint density at radius 1 is 1.16 bits per heavy atom. The molecule has 1 saturated heterocycles. The van der Waals surface area contributed by atoms with E-state index in [4.69, 9.17) is 23.2 Å². The largest absolute Gasteiger partial charge is 0.345 e. The number of benzene rings is 2. The molecular formula is C17H10Cl2N4OS. The van der Waals surface area contributed by atoms with Crippen LogP contribution in [0.1, 0.15) is 5.56 Å². The fraction of sp³-hybridized carbons (Fsp3) is 0. The third-order valence-corrected chi connectivity index (χ3v) is 5.06. The summed E-state index contributed by atoms with van der Waals surface area (Å²) in [4.78, 5) is 24.4. The van der Waals surface area contributed by atoms with Gasteiger partial charge in [0.25, 0.3) is 5.91 Å². The van der Waals surface area contributed by atoms with Gasteiger partial charge in [-0.25, -0.2) is 9.98 Å². The Morgan fingerprint density at radius 3 is 2.76 bits per heavy atom. The maximum atomic E-state index is 12.2. The number of aliphatic imine (C=N–C) groups is 1. The van der Waals surface area contributed by atoms with Gasteiger partial charge in [-0.15, -0.1) is 0 Å². The Kier molecular flexibility index (Phi) is 4.25. The maximum absolute atomic E-state index is 12.2. The first kappa shape index (κ1) is 16.2. The van der Waals surface area contributed by atoms with Crippen LogP contribution >= 0.6 is 35.0 Å². The van der Waals surface area contributed by atoms with Crippen LogP contribution in [0.15, 0.2) is 52.6 Å². The van der Waals surface area contributed by atoms with Crippen LogP contribution in [0.25, 0.3) is 17.1 Å². The number of nitrogens with zero attached hydrogens (tertiary/aromatic N) is 2. The second-order valence-electron chi connectivity index (χ2n) is 5.23. The van der Waals surface area contributed by atoms with Gasteiger partial charge in [-0.3, -0.25) is 4.79 Å². The van der Waals surface area contributed by atoms with Gasteiger partial charge in [-0.05, 0) is 47.7 Å². The van der Waals surface area contributed by atoms with Gasteiger partial charge in [0.1, 0.15) is 5.69 Å². The van der Waals surface area contributed by atoms with Crippen molar-refractivity contribution in [3.8, 4) is 0 Å². The van der Waals surface area contributed by atoms with Crippen LogP contribution in [0.2, 0.25) is 10.0 Å². The molecule has 0 bridgehead atoms. The topological polar surface area (TPSA) is 70.1 Å². The molecule has 1 fully saturated rings. The van der Waals surface area contributed by atoms with Crippen LogP contribution < -0.4 is 5.32 Å². The molecule has 4 rings (SSSR count). The summed E-state index contributed by atoms with van der Waals surface area (Å²) in [6.45, 7) is 0. The van der Waals surface area contributed by atoms with Gasteiger partial charge in [-0.2, -0.15) is 0 Å². The zero-order valence-electron chi connectivity index (χ0n) is 12.6. The van der Waals surface area contributed by atoms with Gasteiger partial charge in [0.2, 0.25) is 0 Å². The second-order valence-corrected chi connectivity index (χ2v) is 7.08. The third kappa shape index (κ3) is 3.28. The first-order valence-electron chi connectivity index (χ1n) is 7.27. The number of halogens is 2. The molecule has 0 radical (unpaired) electrons. The number of para-hydroxylation sites is 1. The van der Waals surface area contributed by atoms with Gasteiger partial charge in [0, 0.05) is 0 Å².